The maximum Gasteiger partial charge on any atom is 0.335 e. The lowest BCUT2D eigenvalue weighted by Crippen LogP contribution is -2.39. The Labute approximate surface area is 147 Å². The summed E-state index contributed by atoms with van der Waals surface area (Å²) >= 11 is 0. The molecule has 5 nitrogen and oxygen atoms in total. The van der Waals surface area contributed by atoms with Crippen molar-refractivity contribution in [2.75, 3.05) is 19.7 Å². The number of aliphatic hydroxyl groups is 1. The Balaban J connectivity index is 1.55. The zero-order valence-corrected chi connectivity index (χ0v) is 14.3. The van der Waals surface area contributed by atoms with E-state index in [1.54, 1.807) is 12.1 Å². The number of carboxylic acids is 1. The van der Waals surface area contributed by atoms with Crippen LogP contribution in [-0.2, 0) is 6.54 Å². The van der Waals surface area contributed by atoms with Crippen molar-refractivity contribution in [1.82, 2.24) is 4.90 Å². The summed E-state index contributed by atoms with van der Waals surface area (Å²) in [5, 5.41) is 19.7. The van der Waals surface area contributed by atoms with Crippen LogP contribution < -0.4 is 4.74 Å². The van der Waals surface area contributed by atoms with Crippen LogP contribution in [-0.4, -0.2) is 46.4 Å². The van der Waals surface area contributed by atoms with Gasteiger partial charge in [-0.15, -0.1) is 0 Å². The summed E-state index contributed by atoms with van der Waals surface area (Å²) in [5.41, 5.74) is 1.52. The summed E-state index contributed by atoms with van der Waals surface area (Å²) in [6.45, 7) is 4.27. The van der Waals surface area contributed by atoms with Crippen LogP contribution in [0, 0.1) is 6.92 Å². The Kier molecular flexibility index (Phi) is 5.06. The molecule has 3 rings (SSSR count). The van der Waals surface area contributed by atoms with Gasteiger partial charge in [-0.05, 0) is 42.7 Å². The third-order valence-electron chi connectivity index (χ3n) is 4.61. The molecule has 2 aromatic rings. The van der Waals surface area contributed by atoms with Crippen molar-refractivity contribution in [1.29, 1.82) is 0 Å². The monoisotopic (exact) mass is 341 g/mol. The van der Waals surface area contributed by atoms with E-state index >= 15 is 0 Å². The Morgan fingerprint density at radius 1 is 1.20 bits per heavy atom. The third-order valence-corrected chi connectivity index (χ3v) is 4.61. The number of hydrogen-bond donors (Lipinski definition) is 2. The SMILES string of the molecule is Cc1ccccc1OC[C@]1(O)CCN(Cc2ccc(C(=O)O)cc2)C1. The van der Waals surface area contributed by atoms with Crippen LogP contribution in [0.15, 0.2) is 48.5 Å². The van der Waals surface area contributed by atoms with E-state index in [9.17, 15) is 9.90 Å². The molecule has 5 heteroatoms. The summed E-state index contributed by atoms with van der Waals surface area (Å²) in [5.74, 6) is -0.117. The molecule has 1 aliphatic rings. The maximum atomic E-state index is 10.9. The second-order valence-corrected chi connectivity index (χ2v) is 6.74. The Morgan fingerprint density at radius 3 is 2.60 bits per heavy atom. The van der Waals surface area contributed by atoms with Gasteiger partial charge in [0.15, 0.2) is 0 Å². The highest BCUT2D eigenvalue weighted by Gasteiger charge is 2.36. The minimum absolute atomic E-state index is 0.270. The number of rotatable bonds is 6. The van der Waals surface area contributed by atoms with E-state index in [-0.39, 0.29) is 12.2 Å². The van der Waals surface area contributed by atoms with Crippen LogP contribution in [0.5, 0.6) is 5.75 Å². The van der Waals surface area contributed by atoms with Gasteiger partial charge in [0.2, 0.25) is 0 Å². The highest BCUT2D eigenvalue weighted by atomic mass is 16.5. The van der Waals surface area contributed by atoms with Gasteiger partial charge in [0.05, 0.1) is 5.56 Å². The Hall–Kier alpha value is -2.37. The number of nitrogens with zero attached hydrogens (tertiary/aromatic N) is 1. The van der Waals surface area contributed by atoms with Crippen molar-refractivity contribution < 1.29 is 19.7 Å². The molecular weight excluding hydrogens is 318 g/mol. The fourth-order valence-electron chi connectivity index (χ4n) is 3.13. The topological polar surface area (TPSA) is 70.0 Å². The van der Waals surface area contributed by atoms with Gasteiger partial charge in [-0.2, -0.15) is 0 Å². The minimum atomic E-state index is -0.921. The molecule has 0 bridgehead atoms. The molecule has 0 spiro atoms. The summed E-state index contributed by atoms with van der Waals surface area (Å²) < 4.78 is 5.82. The first-order valence-corrected chi connectivity index (χ1v) is 8.41. The van der Waals surface area contributed by atoms with E-state index in [0.29, 0.717) is 19.5 Å². The smallest absolute Gasteiger partial charge is 0.335 e. The minimum Gasteiger partial charge on any atom is -0.490 e. The van der Waals surface area contributed by atoms with Crippen molar-refractivity contribution in [3.63, 3.8) is 0 Å². The summed E-state index contributed by atoms with van der Waals surface area (Å²) in [7, 11) is 0. The average Bonchev–Trinajstić information content (AvgIpc) is 2.96. The van der Waals surface area contributed by atoms with Crippen LogP contribution in [0.4, 0.5) is 0 Å². The molecule has 132 valence electrons. The highest BCUT2D eigenvalue weighted by molar-refractivity contribution is 5.87. The van der Waals surface area contributed by atoms with Crippen LogP contribution in [0.2, 0.25) is 0 Å². The number of carboxylic acid groups (broad SMARTS) is 1. The number of ether oxygens (including phenoxy) is 1. The first-order chi connectivity index (χ1) is 12.0. The quantitative estimate of drug-likeness (QED) is 0.845. The van der Waals surface area contributed by atoms with Crippen LogP contribution in [0.25, 0.3) is 0 Å². The first kappa shape index (κ1) is 17.5. The van der Waals surface area contributed by atoms with Crippen molar-refractivity contribution in [3.8, 4) is 5.75 Å². The van der Waals surface area contributed by atoms with Gasteiger partial charge in [-0.25, -0.2) is 4.79 Å². The number of para-hydroxylation sites is 1. The largest absolute Gasteiger partial charge is 0.490 e. The molecular formula is C20H23NO4. The maximum absolute atomic E-state index is 10.9. The highest BCUT2D eigenvalue weighted by Crippen LogP contribution is 2.25. The second-order valence-electron chi connectivity index (χ2n) is 6.74. The summed E-state index contributed by atoms with van der Waals surface area (Å²) in [6, 6.07) is 14.7. The van der Waals surface area contributed by atoms with Crippen molar-refractivity contribution in [3.05, 3.63) is 65.2 Å². The molecule has 25 heavy (non-hydrogen) atoms. The van der Waals surface area contributed by atoms with E-state index in [0.717, 1.165) is 23.4 Å². The van der Waals surface area contributed by atoms with Crippen LogP contribution in [0.1, 0.15) is 27.9 Å². The zero-order chi connectivity index (χ0) is 17.9. The van der Waals surface area contributed by atoms with Gasteiger partial charge in [0, 0.05) is 19.6 Å². The lowest BCUT2D eigenvalue weighted by Gasteiger charge is -2.24. The predicted octanol–water partition coefficient (Wildman–Crippen LogP) is 2.71. The molecule has 0 aliphatic carbocycles. The van der Waals surface area contributed by atoms with Crippen LogP contribution >= 0.6 is 0 Å². The molecule has 0 aromatic heterocycles. The van der Waals surface area contributed by atoms with Gasteiger partial charge in [0.1, 0.15) is 18.0 Å². The molecule has 0 radical (unpaired) electrons. The fraction of sp³-hybridized carbons (Fsp3) is 0.350. The van der Waals surface area contributed by atoms with Crippen molar-refractivity contribution in [2.45, 2.75) is 25.5 Å². The standard InChI is InChI=1S/C20H23NO4/c1-15-4-2-3-5-18(15)25-14-20(24)10-11-21(13-20)12-16-6-8-17(9-7-16)19(22)23/h2-9,24H,10-14H2,1H3,(H,22,23)/t20-/m0/s1. The molecule has 1 heterocycles. The van der Waals surface area contributed by atoms with Gasteiger partial charge >= 0.3 is 5.97 Å². The number of hydrogen-bond acceptors (Lipinski definition) is 4. The van der Waals surface area contributed by atoms with Crippen molar-refractivity contribution in [2.24, 2.45) is 0 Å². The van der Waals surface area contributed by atoms with E-state index < -0.39 is 11.6 Å². The number of β-amino-alcohol motifs (C(OH)–C–C–N with tert-alkyl or cyclic N) is 1. The van der Waals surface area contributed by atoms with Crippen LogP contribution in [0.3, 0.4) is 0 Å². The molecule has 1 aliphatic heterocycles. The predicted molar refractivity (Wildman–Crippen MR) is 94.9 cm³/mol. The fourth-order valence-corrected chi connectivity index (χ4v) is 3.13. The van der Waals surface area contributed by atoms with Gasteiger partial charge in [0.25, 0.3) is 0 Å². The zero-order valence-electron chi connectivity index (χ0n) is 14.3. The molecule has 1 fully saturated rings. The third kappa shape index (κ3) is 4.38. The Bertz CT molecular complexity index is 744. The van der Waals surface area contributed by atoms with Crippen molar-refractivity contribution >= 4 is 5.97 Å². The summed E-state index contributed by atoms with van der Waals surface area (Å²) in [6.07, 6.45) is 0.659. The lowest BCUT2D eigenvalue weighted by atomic mass is 10.1. The second kappa shape index (κ2) is 7.25. The number of aromatic carboxylic acids is 1. The van der Waals surface area contributed by atoms with Gasteiger partial charge in [-0.3, -0.25) is 4.90 Å². The lowest BCUT2D eigenvalue weighted by molar-refractivity contribution is 0.00320. The van der Waals surface area contributed by atoms with E-state index in [1.165, 1.54) is 0 Å². The molecule has 1 atom stereocenters. The molecule has 0 unspecified atom stereocenters. The molecule has 0 amide bonds. The first-order valence-electron chi connectivity index (χ1n) is 8.41. The molecule has 2 N–H and O–H groups in total. The number of likely N-dealkylation sites (tertiary alicyclic amines) is 1. The van der Waals surface area contributed by atoms with Gasteiger partial charge in [-0.1, -0.05) is 30.3 Å². The van der Waals surface area contributed by atoms with Gasteiger partial charge < -0.3 is 14.9 Å². The summed E-state index contributed by atoms with van der Waals surface area (Å²) in [4.78, 5) is 13.1. The average molecular weight is 341 g/mol. The number of aryl methyl sites for hydroxylation is 1. The molecule has 0 saturated carbocycles. The van der Waals surface area contributed by atoms with E-state index in [4.69, 9.17) is 9.84 Å². The normalized spacial score (nSPS) is 20.6. The van der Waals surface area contributed by atoms with E-state index in [2.05, 4.69) is 4.90 Å². The van der Waals surface area contributed by atoms with E-state index in [1.807, 2.05) is 43.3 Å². The number of benzene rings is 2. The Morgan fingerprint density at radius 2 is 1.92 bits per heavy atom. The number of carbonyl (C=O) groups is 1. The molecule has 1 saturated heterocycles. The molecule has 2 aromatic carbocycles.